The molecule has 0 atom stereocenters. The van der Waals surface area contributed by atoms with E-state index in [2.05, 4.69) is 15.4 Å². The lowest BCUT2D eigenvalue weighted by Crippen LogP contribution is -2.39. The van der Waals surface area contributed by atoms with Crippen LogP contribution in [0.25, 0.3) is 0 Å². The maximum atomic E-state index is 11.3. The lowest BCUT2D eigenvalue weighted by molar-refractivity contribution is -0.129. The van der Waals surface area contributed by atoms with Gasteiger partial charge in [-0.3, -0.25) is 10.1 Å². The van der Waals surface area contributed by atoms with E-state index in [1.54, 1.807) is 4.90 Å². The Kier molecular flexibility index (Phi) is 3.51. The fraction of sp³-hybridized carbons (Fsp3) is 0.714. The second-order valence-corrected chi connectivity index (χ2v) is 2.66. The van der Waals surface area contributed by atoms with Crippen LogP contribution in [0.4, 0.5) is 4.79 Å². The number of alkyl carbamates (subject to hydrolysis) is 1. The Bertz CT molecular complexity index is 201. The van der Waals surface area contributed by atoms with Crippen molar-refractivity contribution in [2.75, 3.05) is 33.4 Å². The van der Waals surface area contributed by atoms with Crippen molar-refractivity contribution in [2.45, 2.75) is 0 Å². The highest BCUT2D eigenvalue weighted by Crippen LogP contribution is 1.92. The SMILES string of the molecule is COC(=O)NCC(=O)N1CCNC1. The molecule has 1 fully saturated rings. The zero-order valence-electron chi connectivity index (χ0n) is 7.50. The fourth-order valence-corrected chi connectivity index (χ4v) is 1.05. The largest absolute Gasteiger partial charge is 0.453 e. The molecule has 0 bridgehead atoms. The Morgan fingerprint density at radius 2 is 2.38 bits per heavy atom. The molecule has 0 aromatic carbocycles. The molecule has 13 heavy (non-hydrogen) atoms. The van der Waals surface area contributed by atoms with Crippen molar-refractivity contribution < 1.29 is 14.3 Å². The van der Waals surface area contributed by atoms with Crippen LogP contribution >= 0.6 is 0 Å². The summed E-state index contributed by atoms with van der Waals surface area (Å²) in [7, 11) is 1.26. The summed E-state index contributed by atoms with van der Waals surface area (Å²) in [5.41, 5.74) is 0. The molecule has 0 unspecified atom stereocenters. The average Bonchev–Trinajstić information content (AvgIpc) is 2.66. The molecule has 0 spiro atoms. The first-order valence-corrected chi connectivity index (χ1v) is 4.04. The van der Waals surface area contributed by atoms with Gasteiger partial charge in [-0.05, 0) is 0 Å². The zero-order valence-corrected chi connectivity index (χ0v) is 7.50. The number of rotatable bonds is 2. The standard InChI is InChI=1S/C7H13N3O3/c1-13-7(12)9-4-6(11)10-3-2-8-5-10/h8H,2-5H2,1H3,(H,9,12). The summed E-state index contributed by atoms with van der Waals surface area (Å²) in [6, 6.07) is 0. The van der Waals surface area contributed by atoms with Gasteiger partial charge in [-0.25, -0.2) is 4.79 Å². The van der Waals surface area contributed by atoms with Gasteiger partial charge in [-0.2, -0.15) is 0 Å². The summed E-state index contributed by atoms with van der Waals surface area (Å²) in [6.45, 7) is 2.06. The van der Waals surface area contributed by atoms with Gasteiger partial charge >= 0.3 is 6.09 Å². The monoisotopic (exact) mass is 187 g/mol. The number of nitrogens with one attached hydrogen (secondary N) is 2. The van der Waals surface area contributed by atoms with Gasteiger partial charge in [0.15, 0.2) is 0 Å². The number of nitrogens with zero attached hydrogens (tertiary/aromatic N) is 1. The van der Waals surface area contributed by atoms with Crippen LogP contribution in [-0.2, 0) is 9.53 Å². The van der Waals surface area contributed by atoms with E-state index in [-0.39, 0.29) is 12.5 Å². The zero-order chi connectivity index (χ0) is 9.68. The molecule has 0 aliphatic carbocycles. The molecule has 0 saturated carbocycles. The van der Waals surface area contributed by atoms with Crippen LogP contribution < -0.4 is 10.6 Å². The maximum absolute atomic E-state index is 11.3. The molecular weight excluding hydrogens is 174 g/mol. The molecule has 0 radical (unpaired) electrons. The van der Waals surface area contributed by atoms with Gasteiger partial charge in [0.05, 0.1) is 13.8 Å². The van der Waals surface area contributed by atoms with Crippen LogP contribution in [0.15, 0.2) is 0 Å². The molecule has 1 saturated heterocycles. The van der Waals surface area contributed by atoms with E-state index in [0.29, 0.717) is 13.2 Å². The Morgan fingerprint density at radius 1 is 1.62 bits per heavy atom. The molecule has 6 nitrogen and oxygen atoms in total. The molecule has 74 valence electrons. The summed E-state index contributed by atoms with van der Waals surface area (Å²) in [5.74, 6) is -0.101. The summed E-state index contributed by atoms with van der Waals surface area (Å²) in [6.07, 6.45) is -0.583. The number of hydrogen-bond donors (Lipinski definition) is 2. The van der Waals surface area contributed by atoms with Crippen LogP contribution in [0.2, 0.25) is 0 Å². The van der Waals surface area contributed by atoms with Crippen LogP contribution in [0, 0.1) is 0 Å². The fourth-order valence-electron chi connectivity index (χ4n) is 1.05. The van der Waals surface area contributed by atoms with Crippen LogP contribution in [-0.4, -0.2) is 50.3 Å². The Hall–Kier alpha value is -1.30. The number of carbonyl (C=O) groups is 2. The van der Waals surface area contributed by atoms with Crippen molar-refractivity contribution in [3.8, 4) is 0 Å². The van der Waals surface area contributed by atoms with E-state index in [9.17, 15) is 9.59 Å². The van der Waals surface area contributed by atoms with Crippen molar-refractivity contribution in [3.63, 3.8) is 0 Å². The minimum absolute atomic E-state index is 0.00560. The molecule has 1 heterocycles. The predicted molar refractivity (Wildman–Crippen MR) is 45.0 cm³/mol. The maximum Gasteiger partial charge on any atom is 0.407 e. The summed E-state index contributed by atoms with van der Waals surface area (Å²) >= 11 is 0. The van der Waals surface area contributed by atoms with Crippen molar-refractivity contribution >= 4 is 12.0 Å². The highest BCUT2D eigenvalue weighted by Gasteiger charge is 2.17. The molecule has 1 aliphatic rings. The number of amides is 2. The number of carbonyl (C=O) groups excluding carboxylic acids is 2. The van der Waals surface area contributed by atoms with Crippen molar-refractivity contribution in [2.24, 2.45) is 0 Å². The molecule has 6 heteroatoms. The quantitative estimate of drug-likeness (QED) is 0.565. The summed E-state index contributed by atoms with van der Waals surface area (Å²) < 4.78 is 4.33. The smallest absolute Gasteiger partial charge is 0.407 e. The number of hydrogen-bond acceptors (Lipinski definition) is 4. The van der Waals surface area contributed by atoms with E-state index in [0.717, 1.165) is 6.54 Å². The molecule has 0 aromatic rings. The highest BCUT2D eigenvalue weighted by atomic mass is 16.5. The molecule has 1 rings (SSSR count). The third-order valence-corrected chi connectivity index (χ3v) is 1.78. The second-order valence-electron chi connectivity index (χ2n) is 2.66. The first kappa shape index (κ1) is 9.79. The van der Waals surface area contributed by atoms with Gasteiger partial charge in [-0.1, -0.05) is 0 Å². The summed E-state index contributed by atoms with van der Waals surface area (Å²) in [5, 5.41) is 5.34. The topological polar surface area (TPSA) is 70.7 Å². The average molecular weight is 187 g/mol. The van der Waals surface area contributed by atoms with Gasteiger partial charge in [-0.15, -0.1) is 0 Å². The Labute approximate surface area is 76.2 Å². The normalized spacial score (nSPS) is 15.6. The lowest BCUT2D eigenvalue weighted by atomic mass is 10.5. The van der Waals surface area contributed by atoms with Crippen molar-refractivity contribution in [1.29, 1.82) is 0 Å². The van der Waals surface area contributed by atoms with E-state index < -0.39 is 6.09 Å². The third-order valence-electron chi connectivity index (χ3n) is 1.78. The number of methoxy groups -OCH3 is 1. The van der Waals surface area contributed by atoms with E-state index in [1.165, 1.54) is 7.11 Å². The molecule has 2 N–H and O–H groups in total. The second kappa shape index (κ2) is 4.66. The van der Waals surface area contributed by atoms with E-state index >= 15 is 0 Å². The minimum atomic E-state index is -0.583. The highest BCUT2D eigenvalue weighted by molar-refractivity contribution is 5.82. The van der Waals surface area contributed by atoms with Crippen LogP contribution in [0.1, 0.15) is 0 Å². The minimum Gasteiger partial charge on any atom is -0.453 e. The first-order valence-electron chi connectivity index (χ1n) is 4.04. The molecule has 1 aliphatic heterocycles. The molecular formula is C7H13N3O3. The van der Waals surface area contributed by atoms with Crippen LogP contribution in [0.3, 0.4) is 0 Å². The third kappa shape index (κ3) is 2.90. The summed E-state index contributed by atoms with van der Waals surface area (Å²) in [4.78, 5) is 23.5. The van der Waals surface area contributed by atoms with Gasteiger partial charge in [0.2, 0.25) is 5.91 Å². The van der Waals surface area contributed by atoms with Gasteiger partial charge in [0.1, 0.15) is 6.54 Å². The van der Waals surface area contributed by atoms with E-state index in [1.807, 2.05) is 0 Å². The Balaban J connectivity index is 2.20. The predicted octanol–water partition coefficient (Wildman–Crippen LogP) is -1.27. The van der Waals surface area contributed by atoms with E-state index in [4.69, 9.17) is 0 Å². The Morgan fingerprint density at radius 3 is 2.92 bits per heavy atom. The van der Waals surface area contributed by atoms with Gasteiger partial charge in [0.25, 0.3) is 0 Å². The van der Waals surface area contributed by atoms with Gasteiger partial charge < -0.3 is 15.0 Å². The lowest BCUT2D eigenvalue weighted by Gasteiger charge is -2.13. The molecule has 0 aromatic heterocycles. The van der Waals surface area contributed by atoms with Crippen LogP contribution in [0.5, 0.6) is 0 Å². The number of ether oxygens (including phenoxy) is 1. The molecule has 2 amide bonds. The van der Waals surface area contributed by atoms with Crippen molar-refractivity contribution in [3.05, 3.63) is 0 Å². The van der Waals surface area contributed by atoms with Crippen molar-refractivity contribution in [1.82, 2.24) is 15.5 Å². The van der Waals surface area contributed by atoms with Gasteiger partial charge in [0, 0.05) is 13.1 Å². The first-order chi connectivity index (χ1) is 6.24.